The summed E-state index contributed by atoms with van der Waals surface area (Å²) in [6.45, 7) is 4.13. The third-order valence-electron chi connectivity index (χ3n) is 5.25. The summed E-state index contributed by atoms with van der Waals surface area (Å²) in [5.74, 6) is 0.935. The van der Waals surface area contributed by atoms with Crippen LogP contribution in [0.4, 0.5) is 5.69 Å². The normalized spacial score (nSPS) is 13.8. The van der Waals surface area contributed by atoms with Crippen LogP contribution in [0.3, 0.4) is 0 Å². The van der Waals surface area contributed by atoms with E-state index in [0.29, 0.717) is 0 Å². The zero-order valence-electron chi connectivity index (χ0n) is 14.9. The predicted molar refractivity (Wildman–Crippen MR) is 107 cm³/mol. The van der Waals surface area contributed by atoms with Gasteiger partial charge in [0.1, 0.15) is 5.82 Å². The average Bonchev–Trinajstić information content (AvgIpc) is 3.11. The average molecular weight is 339 g/mol. The molecule has 1 N–H and O–H groups in total. The maximum absolute atomic E-state index is 4.77. The highest BCUT2D eigenvalue weighted by Crippen LogP contribution is 2.28. The van der Waals surface area contributed by atoms with E-state index < -0.39 is 0 Å². The van der Waals surface area contributed by atoms with Crippen molar-refractivity contribution in [3.05, 3.63) is 83.4 Å². The van der Waals surface area contributed by atoms with Gasteiger partial charge in [0.15, 0.2) is 0 Å². The summed E-state index contributed by atoms with van der Waals surface area (Å²) in [5, 5.41) is 0. The highest BCUT2D eigenvalue weighted by molar-refractivity contribution is 5.80. The van der Waals surface area contributed by atoms with E-state index in [1.807, 2.05) is 0 Å². The second-order valence-corrected chi connectivity index (χ2v) is 7.10. The van der Waals surface area contributed by atoms with Crippen LogP contribution in [0, 0.1) is 6.92 Å². The molecule has 0 bridgehead atoms. The van der Waals surface area contributed by atoms with Crippen LogP contribution >= 0.6 is 0 Å². The molecule has 0 saturated carbocycles. The van der Waals surface area contributed by atoms with Gasteiger partial charge in [-0.3, -0.25) is 0 Å². The highest BCUT2D eigenvalue weighted by atomic mass is 15.1. The van der Waals surface area contributed by atoms with Crippen molar-refractivity contribution in [1.82, 2.24) is 9.97 Å². The monoisotopic (exact) mass is 339 g/mol. The summed E-state index contributed by atoms with van der Waals surface area (Å²) < 4.78 is 0. The molecule has 128 valence electrons. The van der Waals surface area contributed by atoms with Crippen molar-refractivity contribution in [1.29, 1.82) is 0 Å². The fourth-order valence-corrected chi connectivity index (χ4v) is 3.83. The van der Waals surface area contributed by atoms with Crippen molar-refractivity contribution >= 4 is 16.7 Å². The second kappa shape index (κ2) is 6.03. The topological polar surface area (TPSA) is 31.9 Å². The summed E-state index contributed by atoms with van der Waals surface area (Å²) in [5.41, 5.74) is 8.66. The Hall–Kier alpha value is -3.07. The lowest BCUT2D eigenvalue weighted by Gasteiger charge is -2.31. The molecule has 3 heteroatoms. The minimum atomic E-state index is 0.935. The van der Waals surface area contributed by atoms with E-state index in [0.717, 1.165) is 41.9 Å². The molecule has 1 aliphatic heterocycles. The van der Waals surface area contributed by atoms with Gasteiger partial charge in [-0.25, -0.2) is 4.98 Å². The first kappa shape index (κ1) is 15.2. The fourth-order valence-electron chi connectivity index (χ4n) is 3.83. The van der Waals surface area contributed by atoms with Gasteiger partial charge in [0.05, 0.1) is 11.0 Å². The number of rotatable bonds is 2. The molecular formula is C23H21N3. The van der Waals surface area contributed by atoms with Crippen LogP contribution in [-0.2, 0) is 13.0 Å². The van der Waals surface area contributed by atoms with Crippen LogP contribution in [0.5, 0.6) is 0 Å². The third kappa shape index (κ3) is 2.66. The molecule has 0 saturated heterocycles. The number of benzene rings is 3. The van der Waals surface area contributed by atoms with Crippen molar-refractivity contribution in [2.24, 2.45) is 0 Å². The standard InChI is InChI=1S/C23H21N3/c1-16-9-10-21-22(13-16)25-23(24-21)18-7-4-8-20(14-18)26-12-11-17-5-2-3-6-19(17)15-26/h2-10,13-14H,11-12,15H2,1H3,(H,24,25). The number of aromatic amines is 1. The summed E-state index contributed by atoms with van der Waals surface area (Å²) in [4.78, 5) is 10.7. The molecule has 0 fully saturated rings. The Bertz CT molecular complexity index is 1090. The van der Waals surface area contributed by atoms with Crippen molar-refractivity contribution in [3.63, 3.8) is 0 Å². The summed E-state index contributed by atoms with van der Waals surface area (Å²) in [6, 6.07) is 23.8. The maximum atomic E-state index is 4.77. The number of anilines is 1. The van der Waals surface area contributed by atoms with E-state index in [1.165, 1.54) is 22.4 Å². The Balaban J connectivity index is 1.49. The van der Waals surface area contributed by atoms with Crippen LogP contribution in [0.15, 0.2) is 66.7 Å². The molecule has 0 aliphatic carbocycles. The molecule has 5 rings (SSSR count). The largest absolute Gasteiger partial charge is 0.367 e. The summed E-state index contributed by atoms with van der Waals surface area (Å²) in [7, 11) is 0. The lowest BCUT2D eigenvalue weighted by molar-refractivity contribution is 0.732. The zero-order chi connectivity index (χ0) is 17.5. The van der Waals surface area contributed by atoms with Crippen molar-refractivity contribution < 1.29 is 0 Å². The number of nitrogens with zero attached hydrogens (tertiary/aromatic N) is 2. The van der Waals surface area contributed by atoms with E-state index in [9.17, 15) is 0 Å². The van der Waals surface area contributed by atoms with Crippen LogP contribution in [0.1, 0.15) is 16.7 Å². The molecular weight excluding hydrogens is 318 g/mol. The minimum absolute atomic E-state index is 0.935. The van der Waals surface area contributed by atoms with Gasteiger partial charge >= 0.3 is 0 Å². The molecule has 3 aromatic carbocycles. The molecule has 0 atom stereocenters. The first-order valence-corrected chi connectivity index (χ1v) is 9.15. The molecule has 4 aromatic rings. The lowest BCUT2D eigenvalue weighted by Crippen LogP contribution is -2.30. The number of fused-ring (bicyclic) bond motifs is 2. The molecule has 1 aliphatic rings. The number of imidazole rings is 1. The quantitative estimate of drug-likeness (QED) is 0.551. The molecule has 26 heavy (non-hydrogen) atoms. The second-order valence-electron chi connectivity index (χ2n) is 7.10. The molecule has 1 aromatic heterocycles. The summed E-state index contributed by atoms with van der Waals surface area (Å²) >= 11 is 0. The lowest BCUT2D eigenvalue weighted by atomic mass is 9.99. The van der Waals surface area contributed by atoms with Gasteiger partial charge in [-0.05, 0) is 54.3 Å². The predicted octanol–water partition coefficient (Wildman–Crippen LogP) is 5.10. The first-order valence-electron chi connectivity index (χ1n) is 9.15. The fraction of sp³-hybridized carbons (Fsp3) is 0.174. The summed E-state index contributed by atoms with van der Waals surface area (Å²) in [6.07, 6.45) is 1.10. The Morgan fingerprint density at radius 3 is 2.73 bits per heavy atom. The highest BCUT2D eigenvalue weighted by Gasteiger charge is 2.16. The third-order valence-corrected chi connectivity index (χ3v) is 5.25. The molecule has 0 unspecified atom stereocenters. The van der Waals surface area contributed by atoms with Gasteiger partial charge in [-0.15, -0.1) is 0 Å². The molecule has 3 nitrogen and oxygen atoms in total. The van der Waals surface area contributed by atoms with Crippen LogP contribution < -0.4 is 4.90 Å². The smallest absolute Gasteiger partial charge is 0.138 e. The van der Waals surface area contributed by atoms with Gasteiger partial charge in [0.25, 0.3) is 0 Å². The van der Waals surface area contributed by atoms with E-state index in [-0.39, 0.29) is 0 Å². The number of H-pyrrole nitrogens is 1. The Morgan fingerprint density at radius 2 is 1.81 bits per heavy atom. The van der Waals surface area contributed by atoms with Crippen molar-refractivity contribution in [2.45, 2.75) is 19.9 Å². The van der Waals surface area contributed by atoms with Crippen LogP contribution in [0.2, 0.25) is 0 Å². The van der Waals surface area contributed by atoms with E-state index in [4.69, 9.17) is 4.98 Å². The van der Waals surface area contributed by atoms with Crippen LogP contribution in [0.25, 0.3) is 22.4 Å². The van der Waals surface area contributed by atoms with Gasteiger partial charge in [0, 0.05) is 24.3 Å². The molecule has 2 heterocycles. The number of nitrogens with one attached hydrogen (secondary N) is 1. The van der Waals surface area contributed by atoms with E-state index in [1.54, 1.807) is 0 Å². The molecule has 0 spiro atoms. The number of aromatic nitrogens is 2. The Morgan fingerprint density at radius 1 is 0.923 bits per heavy atom. The first-order chi connectivity index (χ1) is 12.8. The van der Waals surface area contributed by atoms with Crippen molar-refractivity contribution in [2.75, 3.05) is 11.4 Å². The SMILES string of the molecule is Cc1ccc2nc(-c3cccc(N4CCc5ccccc5C4)c3)[nH]c2c1. The maximum Gasteiger partial charge on any atom is 0.138 e. The Labute approximate surface area is 153 Å². The van der Waals surface area contributed by atoms with Crippen LogP contribution in [-0.4, -0.2) is 16.5 Å². The Kier molecular flexibility index (Phi) is 3.52. The minimum Gasteiger partial charge on any atom is -0.367 e. The van der Waals surface area contributed by atoms with Gasteiger partial charge < -0.3 is 9.88 Å². The number of aryl methyl sites for hydroxylation is 1. The van der Waals surface area contributed by atoms with Crippen molar-refractivity contribution in [3.8, 4) is 11.4 Å². The van der Waals surface area contributed by atoms with E-state index >= 15 is 0 Å². The van der Waals surface area contributed by atoms with Gasteiger partial charge in [0.2, 0.25) is 0 Å². The van der Waals surface area contributed by atoms with Gasteiger partial charge in [-0.2, -0.15) is 0 Å². The number of hydrogen-bond acceptors (Lipinski definition) is 2. The zero-order valence-corrected chi connectivity index (χ0v) is 14.9. The number of hydrogen-bond donors (Lipinski definition) is 1. The van der Waals surface area contributed by atoms with E-state index in [2.05, 4.69) is 83.5 Å². The molecule has 0 radical (unpaired) electrons. The van der Waals surface area contributed by atoms with Gasteiger partial charge in [-0.1, -0.05) is 42.5 Å². The molecule has 0 amide bonds.